The third-order valence-electron chi connectivity index (χ3n) is 7.56. The third kappa shape index (κ3) is 4.52. The number of carbonyl (C=O) groups excluding carboxylic acids is 4. The molecule has 4 amide bonds. The van der Waals surface area contributed by atoms with E-state index in [2.05, 4.69) is 17.2 Å². The molecule has 0 radical (unpaired) electrons. The van der Waals surface area contributed by atoms with E-state index < -0.39 is 65.4 Å². The van der Waals surface area contributed by atoms with Crippen molar-refractivity contribution in [2.24, 2.45) is 5.92 Å². The molecule has 3 fully saturated rings. The van der Waals surface area contributed by atoms with Gasteiger partial charge in [0.25, 0.3) is 0 Å². The Hall–Kier alpha value is -4.16. The molecule has 13 heteroatoms. The summed E-state index contributed by atoms with van der Waals surface area (Å²) in [5.41, 5.74) is -0.445. The van der Waals surface area contributed by atoms with Gasteiger partial charge < -0.3 is 30.1 Å². The predicted octanol–water partition coefficient (Wildman–Crippen LogP) is 0.891. The molecule has 0 unspecified atom stereocenters. The highest BCUT2D eigenvalue weighted by atomic mass is 19.1. The molecule has 0 bridgehead atoms. The topological polar surface area (TPSA) is 155 Å². The normalized spacial score (nSPS) is 29.6. The summed E-state index contributed by atoms with van der Waals surface area (Å²) in [7, 11) is 0. The molecule has 4 aliphatic rings. The van der Waals surface area contributed by atoms with Crippen LogP contribution in [-0.4, -0.2) is 81.8 Å². The number of aliphatic carboxylic acids is 1. The van der Waals surface area contributed by atoms with Crippen molar-refractivity contribution in [3.63, 3.8) is 0 Å². The van der Waals surface area contributed by atoms with E-state index in [1.165, 1.54) is 21.9 Å². The van der Waals surface area contributed by atoms with Gasteiger partial charge in [-0.1, -0.05) is 18.2 Å². The first-order valence-electron chi connectivity index (χ1n) is 12.3. The molecule has 5 atom stereocenters. The molecule has 1 aliphatic carbocycles. The van der Waals surface area contributed by atoms with E-state index in [-0.39, 0.29) is 45.5 Å². The first-order valence-corrected chi connectivity index (χ1v) is 12.3. The zero-order valence-corrected chi connectivity index (χ0v) is 20.4. The predicted molar refractivity (Wildman–Crippen MR) is 126 cm³/mol. The number of alkyl carbamates (subject to hydrolysis) is 1. The number of cyclic esters (lactones) is 1. The Morgan fingerprint density at radius 2 is 2.08 bits per heavy atom. The molecule has 2 saturated heterocycles. The molecular weight excluding hydrogens is 503 g/mol. The maximum Gasteiger partial charge on any atom is 0.410 e. The molecule has 202 valence electrons. The Morgan fingerprint density at radius 3 is 2.74 bits per heavy atom. The van der Waals surface area contributed by atoms with E-state index >= 15 is 0 Å². The van der Waals surface area contributed by atoms with E-state index in [1.54, 1.807) is 12.1 Å². The molecule has 12 nitrogen and oxygen atoms in total. The maximum atomic E-state index is 14.1. The summed E-state index contributed by atoms with van der Waals surface area (Å²) in [4.78, 5) is 65.6. The number of nitrogens with zero attached hydrogens (tertiary/aromatic N) is 2. The van der Waals surface area contributed by atoms with Gasteiger partial charge in [0, 0.05) is 30.9 Å². The molecule has 3 N–H and O–H groups in total. The summed E-state index contributed by atoms with van der Waals surface area (Å²) in [5, 5.41) is 14.7. The molecule has 1 saturated carbocycles. The third-order valence-corrected chi connectivity index (χ3v) is 7.56. The molecular formula is C25H27FN4O8. The number of benzene rings is 1. The summed E-state index contributed by atoms with van der Waals surface area (Å²) < 4.78 is 24.5. The highest BCUT2D eigenvalue weighted by molar-refractivity contribution is 5.96. The molecule has 5 rings (SSSR count). The Balaban J connectivity index is 1.30. The van der Waals surface area contributed by atoms with Gasteiger partial charge in [-0.2, -0.15) is 0 Å². The fourth-order valence-electron chi connectivity index (χ4n) is 5.33. The summed E-state index contributed by atoms with van der Waals surface area (Å²) in [6.07, 6.45) is -0.672. The summed E-state index contributed by atoms with van der Waals surface area (Å²) in [5.74, 6) is -3.38. The number of carbonyl (C=O) groups is 5. The van der Waals surface area contributed by atoms with Crippen LogP contribution in [0.2, 0.25) is 0 Å². The van der Waals surface area contributed by atoms with E-state index in [4.69, 9.17) is 9.47 Å². The molecule has 1 aromatic rings. The number of carboxylic acid groups (broad SMARTS) is 1. The second-order valence-electron chi connectivity index (χ2n) is 9.92. The lowest BCUT2D eigenvalue weighted by Crippen LogP contribution is -2.57. The molecule has 3 aliphatic heterocycles. The number of hydrogen-bond donors (Lipinski definition) is 3. The van der Waals surface area contributed by atoms with Crippen molar-refractivity contribution in [1.29, 1.82) is 0 Å². The number of halogens is 1. The van der Waals surface area contributed by atoms with Gasteiger partial charge in [-0.3, -0.25) is 14.5 Å². The fraction of sp³-hybridized carbons (Fsp3) is 0.480. The molecule has 3 heterocycles. The van der Waals surface area contributed by atoms with Crippen LogP contribution in [0.4, 0.5) is 14.0 Å². The fourth-order valence-corrected chi connectivity index (χ4v) is 5.33. The zero-order chi connectivity index (χ0) is 27.2. The Morgan fingerprint density at radius 1 is 1.29 bits per heavy atom. The number of fused-ring (bicyclic) bond motifs is 1. The molecule has 1 aromatic carbocycles. The summed E-state index contributed by atoms with van der Waals surface area (Å²) in [6.45, 7) is 3.66. The van der Waals surface area contributed by atoms with E-state index in [0.717, 1.165) is 0 Å². The van der Waals surface area contributed by atoms with Crippen LogP contribution in [0.15, 0.2) is 30.9 Å². The molecule has 0 spiro atoms. The summed E-state index contributed by atoms with van der Waals surface area (Å²) >= 11 is 0. The van der Waals surface area contributed by atoms with E-state index in [0.29, 0.717) is 11.1 Å². The van der Waals surface area contributed by atoms with Gasteiger partial charge >= 0.3 is 18.2 Å². The van der Waals surface area contributed by atoms with Crippen LogP contribution in [-0.2, 0) is 36.9 Å². The Bertz CT molecular complexity index is 1220. The summed E-state index contributed by atoms with van der Waals surface area (Å²) in [6, 6.07) is 2.50. The van der Waals surface area contributed by atoms with Crippen LogP contribution >= 0.6 is 0 Å². The first kappa shape index (κ1) is 25.5. The van der Waals surface area contributed by atoms with Gasteiger partial charge in [0.05, 0.1) is 19.7 Å². The number of rotatable bonds is 6. The van der Waals surface area contributed by atoms with Gasteiger partial charge in [0.1, 0.15) is 29.5 Å². The molecule has 0 aromatic heterocycles. The van der Waals surface area contributed by atoms with Crippen molar-refractivity contribution in [1.82, 2.24) is 20.4 Å². The van der Waals surface area contributed by atoms with Crippen LogP contribution < -0.4 is 10.6 Å². The number of ether oxygens (including phenoxy) is 2. The second-order valence-corrected chi connectivity index (χ2v) is 9.92. The SMILES string of the molecule is C=C[C@@H]1C[C@]1(NC(=O)[C@@H]1C[C@@H](OC(=O)N2Cc3cccc(F)c3C2)CN1C(=O)[C@@H]1CCOC(=O)N1)C(=O)O. The lowest BCUT2D eigenvalue weighted by Gasteiger charge is -2.30. The Labute approximate surface area is 216 Å². The van der Waals surface area contributed by atoms with Crippen molar-refractivity contribution >= 4 is 30.0 Å². The van der Waals surface area contributed by atoms with Gasteiger partial charge in [-0.05, 0) is 18.1 Å². The van der Waals surface area contributed by atoms with Crippen LogP contribution in [0.5, 0.6) is 0 Å². The first-order chi connectivity index (χ1) is 18.1. The highest BCUT2D eigenvalue weighted by Gasteiger charge is 2.61. The maximum absolute atomic E-state index is 14.1. The van der Waals surface area contributed by atoms with Crippen molar-refractivity contribution < 1.29 is 42.9 Å². The quantitative estimate of drug-likeness (QED) is 0.458. The smallest absolute Gasteiger partial charge is 0.410 e. The average Bonchev–Trinajstić information content (AvgIpc) is 3.21. The minimum atomic E-state index is -1.51. The number of carboxylic acids is 1. The monoisotopic (exact) mass is 530 g/mol. The number of amides is 4. The van der Waals surface area contributed by atoms with Gasteiger partial charge in [0.15, 0.2) is 0 Å². The zero-order valence-electron chi connectivity index (χ0n) is 20.4. The van der Waals surface area contributed by atoms with Crippen LogP contribution in [0.1, 0.15) is 30.4 Å². The van der Waals surface area contributed by atoms with Gasteiger partial charge in [0.2, 0.25) is 11.8 Å². The minimum Gasteiger partial charge on any atom is -0.479 e. The van der Waals surface area contributed by atoms with Crippen molar-refractivity contribution in [3.8, 4) is 0 Å². The van der Waals surface area contributed by atoms with Crippen LogP contribution in [0, 0.1) is 11.7 Å². The van der Waals surface area contributed by atoms with Crippen LogP contribution in [0.25, 0.3) is 0 Å². The van der Waals surface area contributed by atoms with Crippen molar-refractivity contribution in [3.05, 3.63) is 47.8 Å². The number of nitrogens with one attached hydrogen (secondary N) is 2. The van der Waals surface area contributed by atoms with Crippen molar-refractivity contribution in [2.45, 2.75) is 56.1 Å². The van der Waals surface area contributed by atoms with Crippen LogP contribution in [0.3, 0.4) is 0 Å². The van der Waals surface area contributed by atoms with Gasteiger partial charge in [-0.25, -0.2) is 18.8 Å². The lowest BCUT2D eigenvalue weighted by molar-refractivity contribution is -0.145. The minimum absolute atomic E-state index is 0.0145. The van der Waals surface area contributed by atoms with E-state index in [1.807, 2.05) is 0 Å². The largest absolute Gasteiger partial charge is 0.479 e. The van der Waals surface area contributed by atoms with E-state index in [9.17, 15) is 33.5 Å². The lowest BCUT2D eigenvalue weighted by atomic mass is 10.1. The standard InChI is InChI=1S/C25H27FN4O8/c1-2-14-9-25(14,22(33)34)28-20(31)19-8-15(11-30(19)21(32)18-6-7-37-23(35)27-18)38-24(36)29-10-13-4-3-5-17(26)16(13)12-29/h2-5,14-15,18-19H,1,6-12H2,(H,27,35)(H,28,31)(H,33,34)/t14-,15-,18+,19+,25-/m1/s1. The highest BCUT2D eigenvalue weighted by Crippen LogP contribution is 2.45. The average molecular weight is 531 g/mol. The second kappa shape index (κ2) is 9.62. The van der Waals surface area contributed by atoms with Crippen molar-refractivity contribution in [2.75, 3.05) is 13.2 Å². The Kier molecular flexibility index (Phi) is 6.45. The van der Waals surface area contributed by atoms with Gasteiger partial charge in [-0.15, -0.1) is 6.58 Å². The number of hydrogen-bond acceptors (Lipinski definition) is 7. The molecule has 38 heavy (non-hydrogen) atoms. The number of likely N-dealkylation sites (tertiary alicyclic amines) is 1.